The van der Waals surface area contributed by atoms with Crippen molar-refractivity contribution >= 4 is 5.78 Å². The summed E-state index contributed by atoms with van der Waals surface area (Å²) in [7, 11) is 2.15. The lowest BCUT2D eigenvalue weighted by atomic mass is 10.1. The highest BCUT2D eigenvalue weighted by Gasteiger charge is 2.20. The molecule has 4 nitrogen and oxygen atoms in total. The Hall–Kier alpha value is -1.42. The summed E-state index contributed by atoms with van der Waals surface area (Å²) in [5.74, 6) is 0.460. The van der Waals surface area contributed by atoms with Crippen LogP contribution in [0.2, 0.25) is 0 Å². The van der Waals surface area contributed by atoms with Gasteiger partial charge in [0.25, 0.3) is 0 Å². The van der Waals surface area contributed by atoms with E-state index in [1.54, 1.807) is 18.3 Å². The molecule has 0 radical (unpaired) electrons. The van der Waals surface area contributed by atoms with E-state index in [4.69, 9.17) is 4.74 Å². The molecule has 98 valence electrons. The summed E-state index contributed by atoms with van der Waals surface area (Å²) >= 11 is 0. The van der Waals surface area contributed by atoms with Gasteiger partial charge < -0.3 is 9.64 Å². The van der Waals surface area contributed by atoms with Crippen LogP contribution < -0.4 is 4.74 Å². The number of hydrogen-bond acceptors (Lipinski definition) is 4. The average molecular weight is 248 g/mol. The summed E-state index contributed by atoms with van der Waals surface area (Å²) in [4.78, 5) is 17.9. The van der Waals surface area contributed by atoms with Crippen molar-refractivity contribution in [1.82, 2.24) is 9.88 Å². The molecule has 18 heavy (non-hydrogen) atoms. The second kappa shape index (κ2) is 5.96. The molecule has 0 N–H and O–H groups in total. The highest BCUT2D eigenvalue weighted by Crippen LogP contribution is 2.19. The summed E-state index contributed by atoms with van der Waals surface area (Å²) in [5, 5.41) is 0. The Morgan fingerprint density at radius 2 is 2.44 bits per heavy atom. The normalized spacial score (nSPS) is 20.0. The Kier molecular flexibility index (Phi) is 4.31. The predicted molar refractivity (Wildman–Crippen MR) is 70.0 cm³/mol. The molecule has 1 fully saturated rings. The van der Waals surface area contributed by atoms with E-state index in [-0.39, 0.29) is 5.78 Å². The van der Waals surface area contributed by atoms with E-state index in [9.17, 15) is 4.79 Å². The van der Waals surface area contributed by atoms with E-state index < -0.39 is 0 Å². The number of rotatable bonds is 5. The first-order valence-electron chi connectivity index (χ1n) is 6.47. The van der Waals surface area contributed by atoms with Gasteiger partial charge >= 0.3 is 0 Å². The fraction of sp³-hybridized carbons (Fsp3) is 0.571. The topological polar surface area (TPSA) is 42.4 Å². The maximum atomic E-state index is 11.4. The molecule has 0 bridgehead atoms. The number of Topliss-reactive ketones (excluding diaryl/α,β-unsaturated/α-hetero) is 1. The minimum absolute atomic E-state index is 0.00363. The van der Waals surface area contributed by atoms with Crippen LogP contribution in [-0.2, 0) is 0 Å². The Morgan fingerprint density at radius 1 is 1.61 bits per heavy atom. The zero-order valence-corrected chi connectivity index (χ0v) is 11.1. The van der Waals surface area contributed by atoms with Gasteiger partial charge in [0.15, 0.2) is 5.78 Å². The van der Waals surface area contributed by atoms with Gasteiger partial charge in [-0.1, -0.05) is 0 Å². The van der Waals surface area contributed by atoms with Gasteiger partial charge in [-0.3, -0.25) is 4.79 Å². The molecule has 0 aromatic carbocycles. The number of nitrogens with zero attached hydrogens (tertiary/aromatic N) is 2. The van der Waals surface area contributed by atoms with Gasteiger partial charge in [-0.2, -0.15) is 0 Å². The number of pyridine rings is 1. The van der Waals surface area contributed by atoms with Crippen LogP contribution in [0, 0.1) is 0 Å². The van der Waals surface area contributed by atoms with Crippen LogP contribution in [0.25, 0.3) is 0 Å². The molecule has 0 aliphatic carbocycles. The third kappa shape index (κ3) is 3.07. The second-order valence-corrected chi connectivity index (χ2v) is 4.83. The predicted octanol–water partition coefficient (Wildman–Crippen LogP) is 2.15. The van der Waals surface area contributed by atoms with Crippen LogP contribution in [0.1, 0.15) is 36.5 Å². The van der Waals surface area contributed by atoms with Crippen molar-refractivity contribution in [3.8, 4) is 5.88 Å². The molecule has 2 heterocycles. The number of ketones is 1. The van der Waals surface area contributed by atoms with E-state index >= 15 is 0 Å². The number of likely N-dealkylation sites (tertiary alicyclic amines) is 1. The highest BCUT2D eigenvalue weighted by molar-refractivity contribution is 5.96. The molecule has 1 aromatic heterocycles. The molecule has 0 spiro atoms. The lowest BCUT2D eigenvalue weighted by Crippen LogP contribution is -2.26. The van der Waals surface area contributed by atoms with E-state index in [1.165, 1.54) is 26.3 Å². The molecule has 1 atom stereocenters. The number of carbonyl (C=O) groups excluding carboxylic acids is 1. The SMILES string of the molecule is CC(=O)c1cccnc1OCCC1CCCN1C. The smallest absolute Gasteiger partial charge is 0.224 e. The van der Waals surface area contributed by atoms with Crippen LogP contribution in [0.15, 0.2) is 18.3 Å². The van der Waals surface area contributed by atoms with Crippen LogP contribution >= 0.6 is 0 Å². The van der Waals surface area contributed by atoms with Crippen LogP contribution in [0.4, 0.5) is 0 Å². The lowest BCUT2D eigenvalue weighted by molar-refractivity contribution is 0.101. The van der Waals surface area contributed by atoms with Crippen molar-refractivity contribution < 1.29 is 9.53 Å². The molecule has 0 amide bonds. The van der Waals surface area contributed by atoms with Crippen molar-refractivity contribution in [3.05, 3.63) is 23.9 Å². The molecular formula is C14H20N2O2. The van der Waals surface area contributed by atoms with Gasteiger partial charge in [0, 0.05) is 12.2 Å². The molecule has 1 aliphatic rings. The van der Waals surface area contributed by atoms with E-state index in [1.807, 2.05) is 0 Å². The molecule has 1 saturated heterocycles. The number of carbonyl (C=O) groups is 1. The van der Waals surface area contributed by atoms with Crippen molar-refractivity contribution in [3.63, 3.8) is 0 Å². The third-order valence-corrected chi connectivity index (χ3v) is 3.51. The van der Waals surface area contributed by atoms with Crippen molar-refractivity contribution in [1.29, 1.82) is 0 Å². The lowest BCUT2D eigenvalue weighted by Gasteiger charge is -2.19. The standard InChI is InChI=1S/C14H20N2O2/c1-11(17)13-6-3-8-15-14(13)18-10-7-12-5-4-9-16(12)2/h3,6,8,12H,4-5,7,9-10H2,1-2H3. The van der Waals surface area contributed by atoms with Crippen LogP contribution in [0.3, 0.4) is 0 Å². The monoisotopic (exact) mass is 248 g/mol. The molecule has 4 heteroatoms. The summed E-state index contributed by atoms with van der Waals surface area (Å²) in [5.41, 5.74) is 0.567. The summed E-state index contributed by atoms with van der Waals surface area (Å²) in [6.07, 6.45) is 5.15. The second-order valence-electron chi connectivity index (χ2n) is 4.83. The van der Waals surface area contributed by atoms with Gasteiger partial charge in [0.2, 0.25) is 5.88 Å². The summed E-state index contributed by atoms with van der Waals surface area (Å²) < 4.78 is 5.65. The number of aromatic nitrogens is 1. The van der Waals surface area contributed by atoms with Crippen LogP contribution in [0.5, 0.6) is 5.88 Å². The third-order valence-electron chi connectivity index (χ3n) is 3.51. The molecule has 1 aromatic rings. The minimum Gasteiger partial charge on any atom is -0.477 e. The molecule has 0 saturated carbocycles. The van der Waals surface area contributed by atoms with E-state index in [0.717, 1.165) is 6.42 Å². The first kappa shape index (κ1) is 13.0. The molecule has 1 aliphatic heterocycles. The Bertz CT molecular complexity index is 420. The van der Waals surface area contributed by atoms with Crippen LogP contribution in [-0.4, -0.2) is 41.9 Å². The van der Waals surface area contributed by atoms with Gasteiger partial charge in [-0.15, -0.1) is 0 Å². The maximum Gasteiger partial charge on any atom is 0.224 e. The minimum atomic E-state index is -0.00363. The molecule has 2 rings (SSSR count). The van der Waals surface area contributed by atoms with Gasteiger partial charge in [0.1, 0.15) is 0 Å². The van der Waals surface area contributed by atoms with E-state index in [0.29, 0.717) is 24.1 Å². The van der Waals surface area contributed by atoms with E-state index in [2.05, 4.69) is 16.9 Å². The van der Waals surface area contributed by atoms with Crippen molar-refractivity contribution in [2.75, 3.05) is 20.2 Å². The first-order valence-corrected chi connectivity index (χ1v) is 6.47. The average Bonchev–Trinajstić information content (AvgIpc) is 2.76. The Balaban J connectivity index is 1.88. The number of ether oxygens (including phenoxy) is 1. The molecule has 1 unspecified atom stereocenters. The zero-order chi connectivity index (χ0) is 13.0. The fourth-order valence-electron chi connectivity index (χ4n) is 2.41. The van der Waals surface area contributed by atoms with Gasteiger partial charge in [-0.25, -0.2) is 4.98 Å². The van der Waals surface area contributed by atoms with Gasteiger partial charge in [0.05, 0.1) is 12.2 Å². The van der Waals surface area contributed by atoms with Crippen molar-refractivity contribution in [2.24, 2.45) is 0 Å². The first-order chi connectivity index (χ1) is 8.68. The molecular weight excluding hydrogens is 228 g/mol. The van der Waals surface area contributed by atoms with Gasteiger partial charge in [-0.05, 0) is 51.9 Å². The highest BCUT2D eigenvalue weighted by atomic mass is 16.5. The Morgan fingerprint density at radius 3 is 3.11 bits per heavy atom. The summed E-state index contributed by atoms with van der Waals surface area (Å²) in [6.45, 7) is 3.33. The zero-order valence-electron chi connectivity index (χ0n) is 11.1. The fourth-order valence-corrected chi connectivity index (χ4v) is 2.41. The largest absolute Gasteiger partial charge is 0.477 e. The van der Waals surface area contributed by atoms with Crippen molar-refractivity contribution in [2.45, 2.75) is 32.2 Å². The summed E-state index contributed by atoms with van der Waals surface area (Å²) in [6, 6.07) is 4.12. The maximum absolute atomic E-state index is 11.4. The Labute approximate surface area is 108 Å². The number of hydrogen-bond donors (Lipinski definition) is 0. The quantitative estimate of drug-likeness (QED) is 0.749.